The predicted molar refractivity (Wildman–Crippen MR) is 70.5 cm³/mol. The molecule has 0 aromatic carbocycles. The van der Waals surface area contributed by atoms with Crippen LogP contribution >= 0.6 is 0 Å². The molecule has 3 rings (SSSR count). The molecule has 2 heterocycles. The topological polar surface area (TPSA) is 38.6 Å². The van der Waals surface area contributed by atoms with E-state index in [9.17, 15) is 0 Å². The van der Waals surface area contributed by atoms with E-state index < -0.39 is 0 Å². The van der Waals surface area contributed by atoms with E-state index in [1.54, 1.807) is 0 Å². The molecule has 1 N–H and O–H groups in total. The number of fused-ring (bicyclic) bond motifs is 3. The molecule has 18 heavy (non-hydrogen) atoms. The highest BCUT2D eigenvalue weighted by Gasteiger charge is 2.18. The van der Waals surface area contributed by atoms with E-state index in [1.807, 2.05) is 17.5 Å². The smallest absolute Gasteiger partial charge is 0.253 e. The lowest BCUT2D eigenvalue weighted by Gasteiger charge is -2.16. The van der Waals surface area contributed by atoms with Gasteiger partial charge in [0, 0.05) is 12.4 Å². The van der Waals surface area contributed by atoms with Crippen molar-refractivity contribution in [3.05, 3.63) is 41.9 Å². The van der Waals surface area contributed by atoms with Crippen molar-refractivity contribution in [1.82, 2.24) is 14.9 Å². The fraction of sp³-hybridized carbons (Fsp3) is 0.357. The summed E-state index contributed by atoms with van der Waals surface area (Å²) in [4.78, 5) is 10.1. The van der Waals surface area contributed by atoms with Gasteiger partial charge in [-0.1, -0.05) is 6.58 Å². The first-order valence-corrected chi connectivity index (χ1v) is 6.34. The summed E-state index contributed by atoms with van der Waals surface area (Å²) in [6.45, 7) is 5.53. The molecule has 0 saturated carbocycles. The van der Waals surface area contributed by atoms with Gasteiger partial charge in [-0.25, -0.2) is 10.5 Å². The summed E-state index contributed by atoms with van der Waals surface area (Å²) >= 11 is 0. The third kappa shape index (κ3) is 1.65. The number of nitrogens with one attached hydrogen (secondary N) is 1. The molecule has 0 unspecified atom stereocenters. The van der Waals surface area contributed by atoms with Crippen LogP contribution < -0.4 is 10.3 Å². The Morgan fingerprint density at radius 3 is 3.11 bits per heavy atom. The molecule has 0 radical (unpaired) electrons. The molecule has 0 fully saturated rings. The van der Waals surface area contributed by atoms with Crippen molar-refractivity contribution in [2.45, 2.75) is 32.6 Å². The van der Waals surface area contributed by atoms with Crippen LogP contribution in [0.3, 0.4) is 0 Å². The van der Waals surface area contributed by atoms with Crippen molar-refractivity contribution < 1.29 is 4.84 Å². The number of hydrogen-bond donors (Lipinski definition) is 1. The van der Waals surface area contributed by atoms with Crippen LogP contribution in [-0.2, 0) is 12.8 Å². The van der Waals surface area contributed by atoms with Crippen LogP contribution in [0.4, 0.5) is 0 Å². The quantitative estimate of drug-likeness (QED) is 0.842. The van der Waals surface area contributed by atoms with Crippen LogP contribution in [0, 0.1) is 6.92 Å². The Bertz CT molecular complexity index is 601. The van der Waals surface area contributed by atoms with Gasteiger partial charge < -0.3 is 4.84 Å². The Morgan fingerprint density at radius 1 is 1.44 bits per heavy atom. The summed E-state index contributed by atoms with van der Waals surface area (Å²) in [5, 5.41) is 0. The highest BCUT2D eigenvalue weighted by molar-refractivity contribution is 5.56. The SMILES string of the molecule is C=CNOc1c(C)nc2c3c(ccn12)CCCC3. The zero-order chi connectivity index (χ0) is 12.5. The van der Waals surface area contributed by atoms with Crippen LogP contribution in [-0.4, -0.2) is 9.38 Å². The standard InChI is InChI=1S/C14H17N3O/c1-3-15-18-14-10(2)16-13-12-7-5-4-6-11(12)8-9-17(13)14/h3,8-9,15H,1,4-7H2,2H3. The van der Waals surface area contributed by atoms with E-state index in [0.717, 1.165) is 23.6 Å². The number of imidazole rings is 1. The molecule has 0 atom stereocenters. The molecule has 2 aromatic heterocycles. The predicted octanol–water partition coefficient (Wildman–Crippen LogP) is 2.55. The molecule has 0 saturated heterocycles. The van der Waals surface area contributed by atoms with Gasteiger partial charge in [0.1, 0.15) is 11.3 Å². The minimum Gasteiger partial charge on any atom is -0.362 e. The fourth-order valence-corrected chi connectivity index (χ4v) is 2.64. The minimum atomic E-state index is 0.735. The normalized spacial score (nSPS) is 14.3. The molecule has 4 nitrogen and oxygen atoms in total. The van der Waals surface area contributed by atoms with Gasteiger partial charge in [-0.15, -0.1) is 0 Å². The van der Waals surface area contributed by atoms with Crippen molar-refractivity contribution in [2.24, 2.45) is 0 Å². The second-order valence-corrected chi connectivity index (χ2v) is 4.65. The van der Waals surface area contributed by atoms with Gasteiger partial charge in [0.2, 0.25) is 0 Å². The molecule has 0 spiro atoms. The highest BCUT2D eigenvalue weighted by atomic mass is 16.7. The maximum atomic E-state index is 5.46. The number of hydrogen-bond acceptors (Lipinski definition) is 3. The maximum absolute atomic E-state index is 5.46. The van der Waals surface area contributed by atoms with E-state index >= 15 is 0 Å². The van der Waals surface area contributed by atoms with Crippen molar-refractivity contribution in [2.75, 3.05) is 0 Å². The number of nitrogens with zero attached hydrogens (tertiary/aromatic N) is 2. The highest BCUT2D eigenvalue weighted by Crippen LogP contribution is 2.28. The molecule has 0 bridgehead atoms. The Morgan fingerprint density at radius 2 is 2.28 bits per heavy atom. The van der Waals surface area contributed by atoms with Gasteiger partial charge in [0.15, 0.2) is 0 Å². The lowest BCUT2D eigenvalue weighted by atomic mass is 9.93. The van der Waals surface area contributed by atoms with Gasteiger partial charge >= 0.3 is 0 Å². The molecule has 94 valence electrons. The van der Waals surface area contributed by atoms with E-state index in [1.165, 1.54) is 36.6 Å². The van der Waals surface area contributed by atoms with E-state index in [2.05, 4.69) is 23.1 Å². The Balaban J connectivity index is 2.15. The van der Waals surface area contributed by atoms with E-state index in [4.69, 9.17) is 4.84 Å². The van der Waals surface area contributed by atoms with Crippen molar-refractivity contribution in [1.29, 1.82) is 0 Å². The minimum absolute atomic E-state index is 0.735. The van der Waals surface area contributed by atoms with E-state index in [0.29, 0.717) is 0 Å². The van der Waals surface area contributed by atoms with Crippen LogP contribution in [0.15, 0.2) is 25.0 Å². The second kappa shape index (κ2) is 4.37. The molecule has 0 amide bonds. The fourth-order valence-electron chi connectivity index (χ4n) is 2.64. The first-order chi connectivity index (χ1) is 8.81. The van der Waals surface area contributed by atoms with Crippen molar-refractivity contribution in [3.8, 4) is 5.88 Å². The van der Waals surface area contributed by atoms with Crippen LogP contribution in [0.5, 0.6) is 5.88 Å². The lowest BCUT2D eigenvalue weighted by molar-refractivity contribution is 0.229. The zero-order valence-corrected chi connectivity index (χ0v) is 10.6. The summed E-state index contributed by atoms with van der Waals surface area (Å²) in [7, 11) is 0. The maximum Gasteiger partial charge on any atom is 0.253 e. The molecular formula is C14H17N3O. The van der Waals surface area contributed by atoms with Gasteiger partial charge in [-0.05, 0) is 49.8 Å². The summed E-state index contributed by atoms with van der Waals surface area (Å²) < 4.78 is 2.01. The van der Waals surface area contributed by atoms with Crippen LogP contribution in [0.1, 0.15) is 29.7 Å². The third-order valence-electron chi connectivity index (χ3n) is 3.47. The van der Waals surface area contributed by atoms with E-state index in [-0.39, 0.29) is 0 Å². The Labute approximate surface area is 106 Å². The Hall–Kier alpha value is -1.97. The molecule has 0 aliphatic heterocycles. The first-order valence-electron chi connectivity index (χ1n) is 6.34. The molecule has 1 aliphatic carbocycles. The molecule has 1 aliphatic rings. The van der Waals surface area contributed by atoms with Gasteiger partial charge in [-0.3, -0.25) is 4.40 Å². The number of pyridine rings is 1. The largest absolute Gasteiger partial charge is 0.362 e. The zero-order valence-electron chi connectivity index (χ0n) is 10.6. The van der Waals surface area contributed by atoms with Crippen molar-refractivity contribution in [3.63, 3.8) is 0 Å². The average molecular weight is 243 g/mol. The first kappa shape index (κ1) is 11.1. The summed E-state index contributed by atoms with van der Waals surface area (Å²) in [5.41, 5.74) is 7.40. The number of rotatable bonds is 3. The molecule has 2 aromatic rings. The van der Waals surface area contributed by atoms with Crippen molar-refractivity contribution >= 4 is 5.65 Å². The number of hydroxylamine groups is 1. The Kier molecular flexibility index (Phi) is 2.70. The summed E-state index contributed by atoms with van der Waals surface area (Å²) in [6.07, 6.45) is 8.37. The molecular weight excluding hydrogens is 226 g/mol. The summed E-state index contributed by atoms with van der Waals surface area (Å²) in [6, 6.07) is 2.18. The van der Waals surface area contributed by atoms with Gasteiger partial charge in [0.25, 0.3) is 5.88 Å². The number of aryl methyl sites for hydroxylation is 3. The third-order valence-corrected chi connectivity index (χ3v) is 3.47. The lowest BCUT2D eigenvalue weighted by Crippen LogP contribution is -2.12. The monoisotopic (exact) mass is 243 g/mol. The van der Waals surface area contributed by atoms with Gasteiger partial charge in [-0.2, -0.15) is 0 Å². The second-order valence-electron chi connectivity index (χ2n) is 4.65. The molecule has 4 heteroatoms. The average Bonchev–Trinajstić information content (AvgIpc) is 2.72. The van der Waals surface area contributed by atoms with Gasteiger partial charge in [0.05, 0.1) is 0 Å². The number of aromatic nitrogens is 2. The summed E-state index contributed by atoms with van der Waals surface area (Å²) in [5.74, 6) is 0.735. The van der Waals surface area contributed by atoms with Crippen LogP contribution in [0.25, 0.3) is 5.65 Å². The van der Waals surface area contributed by atoms with Crippen LogP contribution in [0.2, 0.25) is 0 Å².